The molecule has 0 bridgehead atoms. The van der Waals surface area contributed by atoms with Crippen LogP contribution in [0.3, 0.4) is 0 Å². The average Bonchev–Trinajstić information content (AvgIpc) is 2.58. The van der Waals surface area contributed by atoms with Crippen molar-refractivity contribution >= 4 is 22.8 Å². The number of carbonyl (C=O) groups excluding carboxylic acids is 1. The van der Waals surface area contributed by atoms with Crippen LogP contribution in [0.5, 0.6) is 0 Å². The van der Waals surface area contributed by atoms with Crippen LogP contribution in [0, 0.1) is 5.41 Å². The third-order valence-electron chi connectivity index (χ3n) is 2.52. The highest BCUT2D eigenvalue weighted by atomic mass is 32.2. The Labute approximate surface area is 105 Å². The number of benzene rings is 1. The van der Waals surface area contributed by atoms with E-state index in [9.17, 15) is 4.79 Å². The first-order valence-electron chi connectivity index (χ1n) is 5.39. The molecular weight excluding hydrogens is 232 g/mol. The van der Waals surface area contributed by atoms with Crippen molar-refractivity contribution < 1.29 is 4.79 Å². The van der Waals surface area contributed by atoms with E-state index in [1.54, 1.807) is 0 Å². The van der Waals surface area contributed by atoms with E-state index in [0.29, 0.717) is 16.6 Å². The second-order valence-electron chi connectivity index (χ2n) is 4.11. The molecule has 0 aliphatic carbocycles. The summed E-state index contributed by atoms with van der Waals surface area (Å²) >= 11 is 1.25. The van der Waals surface area contributed by atoms with E-state index in [0.717, 1.165) is 11.1 Å². The number of thioether (sulfide) groups is 1. The van der Waals surface area contributed by atoms with Gasteiger partial charge in [-0.25, -0.2) is 0 Å². The Bertz CT molecular complexity index is 489. The van der Waals surface area contributed by atoms with Gasteiger partial charge in [0.1, 0.15) is 0 Å². The lowest BCUT2D eigenvalue weighted by Crippen LogP contribution is -2.28. The zero-order valence-corrected chi connectivity index (χ0v) is 10.7. The Hall–Kier alpha value is -1.55. The van der Waals surface area contributed by atoms with Crippen LogP contribution in [0.15, 0.2) is 40.8 Å². The van der Waals surface area contributed by atoms with Gasteiger partial charge in [-0.2, -0.15) is 0 Å². The van der Waals surface area contributed by atoms with E-state index in [2.05, 4.69) is 0 Å². The van der Waals surface area contributed by atoms with E-state index in [1.807, 2.05) is 44.2 Å². The zero-order valence-electron chi connectivity index (χ0n) is 9.86. The van der Waals surface area contributed by atoms with E-state index in [1.165, 1.54) is 16.7 Å². The van der Waals surface area contributed by atoms with Crippen LogP contribution in [-0.2, 0) is 11.3 Å². The summed E-state index contributed by atoms with van der Waals surface area (Å²) in [5.74, 6) is -0.0520. The molecule has 0 atom stereocenters. The van der Waals surface area contributed by atoms with Gasteiger partial charge in [0.05, 0.1) is 11.4 Å². The normalized spacial score (nSPS) is 15.6. The molecule has 1 aliphatic heterocycles. The molecule has 88 valence electrons. The predicted octanol–water partition coefficient (Wildman–Crippen LogP) is 2.99. The molecule has 1 aromatic carbocycles. The molecule has 1 N–H and O–H groups in total. The number of nitrogens with zero attached hydrogens (tertiary/aromatic N) is 1. The third kappa shape index (κ3) is 2.42. The van der Waals surface area contributed by atoms with Crippen molar-refractivity contribution in [3.63, 3.8) is 0 Å². The summed E-state index contributed by atoms with van der Waals surface area (Å²) in [7, 11) is 0. The standard InChI is InChI=1S/C13H14N2OS/c1-9(2)11-12(16)15(13(14)17-11)8-10-6-4-3-5-7-10/h3-7,14H,8H2,1-2H3. The first kappa shape index (κ1) is 11.9. The van der Waals surface area contributed by atoms with Crippen molar-refractivity contribution in [1.82, 2.24) is 4.90 Å². The number of nitrogens with one attached hydrogen (secondary N) is 1. The van der Waals surface area contributed by atoms with Gasteiger partial charge < -0.3 is 0 Å². The molecule has 0 spiro atoms. The molecule has 1 fully saturated rings. The first-order chi connectivity index (χ1) is 8.09. The summed E-state index contributed by atoms with van der Waals surface area (Å²) in [5, 5.41) is 8.16. The van der Waals surface area contributed by atoms with Gasteiger partial charge in [-0.05, 0) is 31.2 Å². The molecule has 0 radical (unpaired) electrons. The maximum atomic E-state index is 12.1. The first-order valence-corrected chi connectivity index (χ1v) is 6.21. The molecule has 3 nitrogen and oxygen atoms in total. The SMILES string of the molecule is CC(C)=C1SC(=N)N(Cc2ccccc2)C1=O. The summed E-state index contributed by atoms with van der Waals surface area (Å²) in [5.41, 5.74) is 2.02. The average molecular weight is 246 g/mol. The summed E-state index contributed by atoms with van der Waals surface area (Å²) in [6.07, 6.45) is 0. The molecule has 1 saturated heterocycles. The molecule has 1 aromatic rings. The van der Waals surface area contributed by atoms with Gasteiger partial charge in [0.25, 0.3) is 5.91 Å². The number of amidine groups is 1. The van der Waals surface area contributed by atoms with Crippen molar-refractivity contribution in [1.29, 1.82) is 5.41 Å². The van der Waals surface area contributed by atoms with Crippen LogP contribution in [0.4, 0.5) is 0 Å². The summed E-state index contributed by atoms with van der Waals surface area (Å²) in [6, 6.07) is 9.75. The number of allylic oxidation sites excluding steroid dienone is 1. The fraction of sp³-hybridized carbons (Fsp3) is 0.231. The van der Waals surface area contributed by atoms with Gasteiger partial charge in [-0.15, -0.1) is 0 Å². The van der Waals surface area contributed by atoms with Crippen LogP contribution in [0.1, 0.15) is 19.4 Å². The van der Waals surface area contributed by atoms with Crippen LogP contribution < -0.4 is 0 Å². The van der Waals surface area contributed by atoms with Crippen molar-refractivity contribution in [2.75, 3.05) is 0 Å². The summed E-state index contributed by atoms with van der Waals surface area (Å²) in [6.45, 7) is 4.28. The van der Waals surface area contributed by atoms with Gasteiger partial charge in [0.15, 0.2) is 5.17 Å². The van der Waals surface area contributed by atoms with E-state index in [4.69, 9.17) is 5.41 Å². The lowest BCUT2D eigenvalue weighted by molar-refractivity contribution is -0.122. The Morgan fingerprint density at radius 2 is 1.94 bits per heavy atom. The molecule has 0 unspecified atom stereocenters. The Morgan fingerprint density at radius 1 is 1.29 bits per heavy atom. The number of amides is 1. The topological polar surface area (TPSA) is 44.2 Å². The summed E-state index contributed by atoms with van der Waals surface area (Å²) in [4.78, 5) is 14.3. The zero-order chi connectivity index (χ0) is 12.4. The molecular formula is C13H14N2OS. The van der Waals surface area contributed by atoms with Gasteiger partial charge in [0.2, 0.25) is 0 Å². The van der Waals surface area contributed by atoms with Crippen molar-refractivity contribution in [2.45, 2.75) is 20.4 Å². The van der Waals surface area contributed by atoms with Crippen molar-refractivity contribution in [2.24, 2.45) is 0 Å². The molecule has 2 rings (SSSR count). The van der Waals surface area contributed by atoms with Crippen LogP contribution in [-0.4, -0.2) is 16.0 Å². The fourth-order valence-electron chi connectivity index (χ4n) is 1.64. The lowest BCUT2D eigenvalue weighted by atomic mass is 10.2. The maximum Gasteiger partial charge on any atom is 0.266 e. The second-order valence-corrected chi connectivity index (χ2v) is 5.11. The highest BCUT2D eigenvalue weighted by molar-refractivity contribution is 8.18. The largest absolute Gasteiger partial charge is 0.282 e. The quantitative estimate of drug-likeness (QED) is 0.815. The number of rotatable bonds is 2. The molecule has 1 aliphatic rings. The monoisotopic (exact) mass is 246 g/mol. The second kappa shape index (κ2) is 4.75. The molecule has 0 saturated carbocycles. The highest BCUT2D eigenvalue weighted by Gasteiger charge is 2.32. The minimum absolute atomic E-state index is 0.0520. The highest BCUT2D eigenvalue weighted by Crippen LogP contribution is 2.33. The Morgan fingerprint density at radius 3 is 2.47 bits per heavy atom. The molecule has 0 aromatic heterocycles. The molecule has 17 heavy (non-hydrogen) atoms. The van der Waals surface area contributed by atoms with Gasteiger partial charge in [-0.1, -0.05) is 35.9 Å². The van der Waals surface area contributed by atoms with Crippen LogP contribution in [0.2, 0.25) is 0 Å². The minimum Gasteiger partial charge on any atom is -0.282 e. The van der Waals surface area contributed by atoms with Crippen molar-refractivity contribution in [3.05, 3.63) is 46.4 Å². The third-order valence-corrected chi connectivity index (χ3v) is 3.72. The molecule has 1 heterocycles. The van der Waals surface area contributed by atoms with Crippen LogP contribution in [0.25, 0.3) is 0 Å². The van der Waals surface area contributed by atoms with Gasteiger partial charge in [0, 0.05) is 0 Å². The maximum absolute atomic E-state index is 12.1. The molecule has 1 amide bonds. The molecule has 4 heteroatoms. The smallest absolute Gasteiger partial charge is 0.266 e. The number of hydrogen-bond acceptors (Lipinski definition) is 3. The van der Waals surface area contributed by atoms with Crippen LogP contribution >= 0.6 is 11.8 Å². The Balaban J connectivity index is 2.21. The van der Waals surface area contributed by atoms with Crippen molar-refractivity contribution in [3.8, 4) is 0 Å². The van der Waals surface area contributed by atoms with Gasteiger partial charge in [-0.3, -0.25) is 15.1 Å². The van der Waals surface area contributed by atoms with E-state index >= 15 is 0 Å². The van der Waals surface area contributed by atoms with E-state index in [-0.39, 0.29) is 5.91 Å². The van der Waals surface area contributed by atoms with E-state index < -0.39 is 0 Å². The summed E-state index contributed by atoms with van der Waals surface area (Å²) < 4.78 is 0. The minimum atomic E-state index is -0.0520. The number of carbonyl (C=O) groups is 1. The fourth-order valence-corrected chi connectivity index (χ4v) is 2.49. The lowest BCUT2D eigenvalue weighted by Gasteiger charge is -2.14. The Kier molecular flexibility index (Phi) is 3.33. The number of hydrogen-bond donors (Lipinski definition) is 1. The van der Waals surface area contributed by atoms with Gasteiger partial charge >= 0.3 is 0 Å². The predicted molar refractivity (Wildman–Crippen MR) is 70.7 cm³/mol.